The number of methoxy groups -OCH3 is 1. The molecule has 13 heavy (non-hydrogen) atoms. The lowest BCUT2D eigenvalue weighted by atomic mass is 10.4. The van der Waals surface area contributed by atoms with E-state index in [4.69, 9.17) is 9.47 Å². The maximum atomic E-state index is 10.9. The molecule has 0 saturated heterocycles. The molecule has 0 N–H and O–H groups in total. The van der Waals surface area contributed by atoms with Crippen molar-refractivity contribution in [2.24, 2.45) is 0 Å². The Morgan fingerprint density at radius 3 is 3.00 bits per heavy atom. The van der Waals surface area contributed by atoms with Crippen molar-refractivity contribution in [3.8, 4) is 11.6 Å². The van der Waals surface area contributed by atoms with E-state index in [0.29, 0.717) is 18.1 Å². The highest BCUT2D eigenvalue weighted by Crippen LogP contribution is 2.22. The molecule has 70 valence electrons. The van der Waals surface area contributed by atoms with Gasteiger partial charge in [-0.25, -0.2) is 4.98 Å². The van der Waals surface area contributed by atoms with E-state index >= 15 is 0 Å². The van der Waals surface area contributed by atoms with Gasteiger partial charge < -0.3 is 9.47 Å². The van der Waals surface area contributed by atoms with E-state index in [1.807, 2.05) is 0 Å². The van der Waals surface area contributed by atoms with Crippen molar-refractivity contribution >= 4 is 5.97 Å². The molecular formula is C9H11NO3. The van der Waals surface area contributed by atoms with Crippen LogP contribution in [-0.4, -0.2) is 18.1 Å². The number of ether oxygens (including phenoxy) is 2. The van der Waals surface area contributed by atoms with Gasteiger partial charge in [-0.3, -0.25) is 4.79 Å². The monoisotopic (exact) mass is 181 g/mol. The minimum Gasteiger partial charge on any atom is -0.478 e. The number of carbonyl (C=O) groups excluding carboxylic acids is 1. The Morgan fingerprint density at radius 1 is 1.62 bits per heavy atom. The number of carbonyl (C=O) groups is 1. The molecule has 4 nitrogen and oxygen atoms in total. The van der Waals surface area contributed by atoms with Gasteiger partial charge in [0.1, 0.15) is 0 Å². The maximum absolute atomic E-state index is 10.9. The van der Waals surface area contributed by atoms with Gasteiger partial charge in [0.2, 0.25) is 0 Å². The third-order valence-corrected chi connectivity index (χ3v) is 1.44. The van der Waals surface area contributed by atoms with E-state index in [-0.39, 0.29) is 5.97 Å². The van der Waals surface area contributed by atoms with Crippen LogP contribution in [0.5, 0.6) is 11.6 Å². The summed E-state index contributed by atoms with van der Waals surface area (Å²) in [5.74, 6) is 0.382. The number of aromatic nitrogens is 1. The molecule has 0 bridgehead atoms. The molecule has 0 aliphatic heterocycles. The van der Waals surface area contributed by atoms with Crippen LogP contribution in [-0.2, 0) is 4.79 Å². The van der Waals surface area contributed by atoms with Crippen molar-refractivity contribution in [3.05, 3.63) is 18.3 Å². The number of nitrogens with zero attached hydrogens (tertiary/aromatic N) is 1. The summed E-state index contributed by atoms with van der Waals surface area (Å²) >= 11 is 0. The van der Waals surface area contributed by atoms with Crippen LogP contribution in [0.4, 0.5) is 0 Å². The van der Waals surface area contributed by atoms with Gasteiger partial charge in [0.15, 0.2) is 5.75 Å². The van der Waals surface area contributed by atoms with Crippen LogP contribution >= 0.6 is 0 Å². The van der Waals surface area contributed by atoms with Gasteiger partial charge in [0.25, 0.3) is 5.88 Å². The van der Waals surface area contributed by atoms with Gasteiger partial charge in [0.05, 0.1) is 7.11 Å². The molecule has 1 aromatic rings. The minimum absolute atomic E-state index is 0.300. The summed E-state index contributed by atoms with van der Waals surface area (Å²) in [6.07, 6.45) is 1.90. The van der Waals surface area contributed by atoms with Crippen LogP contribution < -0.4 is 9.47 Å². The summed E-state index contributed by atoms with van der Waals surface area (Å²) in [5, 5.41) is 0. The smallest absolute Gasteiger partial charge is 0.311 e. The van der Waals surface area contributed by atoms with Crippen LogP contribution in [0.2, 0.25) is 0 Å². The standard InChI is InChI=1S/C9H11NO3/c1-3-8(11)13-7-5-4-6-10-9(7)12-2/h4-6H,3H2,1-2H3. The van der Waals surface area contributed by atoms with Crippen molar-refractivity contribution in [2.75, 3.05) is 7.11 Å². The Labute approximate surface area is 76.5 Å². The lowest BCUT2D eigenvalue weighted by Crippen LogP contribution is -2.06. The molecule has 0 unspecified atom stereocenters. The largest absolute Gasteiger partial charge is 0.478 e. The highest BCUT2D eigenvalue weighted by molar-refractivity contribution is 5.72. The second-order valence-electron chi connectivity index (χ2n) is 2.34. The van der Waals surface area contributed by atoms with Crippen molar-refractivity contribution in [2.45, 2.75) is 13.3 Å². The van der Waals surface area contributed by atoms with Gasteiger partial charge in [-0.2, -0.15) is 0 Å². The first kappa shape index (κ1) is 9.51. The SMILES string of the molecule is CCC(=O)Oc1cccnc1OC. The van der Waals surface area contributed by atoms with E-state index in [9.17, 15) is 4.79 Å². The van der Waals surface area contributed by atoms with Gasteiger partial charge in [-0.15, -0.1) is 0 Å². The highest BCUT2D eigenvalue weighted by Gasteiger charge is 2.07. The van der Waals surface area contributed by atoms with Gasteiger partial charge in [-0.05, 0) is 12.1 Å². The van der Waals surface area contributed by atoms with Gasteiger partial charge in [0, 0.05) is 12.6 Å². The summed E-state index contributed by atoms with van der Waals surface area (Å²) in [4.78, 5) is 14.8. The molecule has 0 aliphatic carbocycles. The second-order valence-corrected chi connectivity index (χ2v) is 2.34. The molecule has 0 aliphatic rings. The van der Waals surface area contributed by atoms with Crippen LogP contribution in [0.25, 0.3) is 0 Å². The van der Waals surface area contributed by atoms with Crippen LogP contribution in [0, 0.1) is 0 Å². The fraction of sp³-hybridized carbons (Fsp3) is 0.333. The molecular weight excluding hydrogens is 170 g/mol. The molecule has 0 saturated carbocycles. The zero-order chi connectivity index (χ0) is 9.68. The molecule has 0 amide bonds. The number of hydrogen-bond donors (Lipinski definition) is 0. The second kappa shape index (κ2) is 4.45. The van der Waals surface area contributed by atoms with Crippen molar-refractivity contribution < 1.29 is 14.3 Å². The molecule has 0 fully saturated rings. The Bertz CT molecular complexity index is 299. The maximum Gasteiger partial charge on any atom is 0.311 e. The highest BCUT2D eigenvalue weighted by atomic mass is 16.6. The van der Waals surface area contributed by atoms with E-state index in [0.717, 1.165) is 0 Å². The Morgan fingerprint density at radius 2 is 2.38 bits per heavy atom. The topological polar surface area (TPSA) is 48.4 Å². The molecule has 0 atom stereocenters. The fourth-order valence-electron chi connectivity index (χ4n) is 0.802. The molecule has 1 heterocycles. The third kappa shape index (κ3) is 2.43. The lowest BCUT2D eigenvalue weighted by Gasteiger charge is -2.05. The van der Waals surface area contributed by atoms with E-state index in [1.54, 1.807) is 25.3 Å². The van der Waals surface area contributed by atoms with E-state index < -0.39 is 0 Å². The van der Waals surface area contributed by atoms with E-state index in [1.165, 1.54) is 7.11 Å². The van der Waals surface area contributed by atoms with E-state index in [2.05, 4.69) is 4.98 Å². The van der Waals surface area contributed by atoms with Crippen molar-refractivity contribution in [3.63, 3.8) is 0 Å². The normalized spacial score (nSPS) is 9.38. The van der Waals surface area contributed by atoms with Crippen molar-refractivity contribution in [1.29, 1.82) is 0 Å². The molecule has 1 rings (SSSR count). The summed E-state index contributed by atoms with van der Waals surface area (Å²) in [7, 11) is 1.48. The first-order chi connectivity index (χ1) is 6.27. The molecule has 4 heteroatoms. The molecule has 0 aromatic carbocycles. The Hall–Kier alpha value is -1.58. The first-order valence-electron chi connectivity index (χ1n) is 3.97. The first-order valence-corrected chi connectivity index (χ1v) is 3.97. The average molecular weight is 181 g/mol. The molecule has 0 spiro atoms. The van der Waals surface area contributed by atoms with Crippen LogP contribution in [0.1, 0.15) is 13.3 Å². The summed E-state index contributed by atoms with van der Waals surface area (Å²) in [6, 6.07) is 3.32. The number of hydrogen-bond acceptors (Lipinski definition) is 4. The number of pyridine rings is 1. The average Bonchev–Trinajstić information content (AvgIpc) is 2.18. The summed E-state index contributed by atoms with van der Waals surface area (Å²) in [5.41, 5.74) is 0. The predicted molar refractivity (Wildman–Crippen MR) is 46.7 cm³/mol. The zero-order valence-corrected chi connectivity index (χ0v) is 7.61. The predicted octanol–water partition coefficient (Wildman–Crippen LogP) is 1.41. The molecule has 0 radical (unpaired) electrons. The number of rotatable bonds is 3. The summed E-state index contributed by atoms with van der Waals surface area (Å²) < 4.78 is 9.86. The Kier molecular flexibility index (Phi) is 3.25. The van der Waals surface area contributed by atoms with Gasteiger partial charge in [-0.1, -0.05) is 6.92 Å². The molecule has 1 aromatic heterocycles. The number of esters is 1. The van der Waals surface area contributed by atoms with Crippen LogP contribution in [0.3, 0.4) is 0 Å². The van der Waals surface area contributed by atoms with Crippen molar-refractivity contribution in [1.82, 2.24) is 4.98 Å². The fourth-order valence-corrected chi connectivity index (χ4v) is 0.802. The quantitative estimate of drug-likeness (QED) is 0.661. The summed E-state index contributed by atoms with van der Waals surface area (Å²) in [6.45, 7) is 1.73. The lowest BCUT2D eigenvalue weighted by molar-refractivity contribution is -0.134. The van der Waals surface area contributed by atoms with Gasteiger partial charge >= 0.3 is 5.97 Å². The third-order valence-electron chi connectivity index (χ3n) is 1.44. The Balaban J connectivity index is 2.81. The zero-order valence-electron chi connectivity index (χ0n) is 7.61. The minimum atomic E-state index is -0.300. The van der Waals surface area contributed by atoms with Crippen LogP contribution in [0.15, 0.2) is 18.3 Å².